The molecule has 0 bridgehead atoms. The fraction of sp³-hybridized carbons (Fsp3) is 0.143. The van der Waals surface area contributed by atoms with Crippen molar-refractivity contribution in [2.45, 2.75) is 6.54 Å². The highest BCUT2D eigenvalue weighted by Gasteiger charge is 2.35. The van der Waals surface area contributed by atoms with Crippen LogP contribution < -0.4 is 16.6 Å². The Kier molecular flexibility index (Phi) is 3.43. The molecule has 1 aromatic heterocycles. The van der Waals surface area contributed by atoms with Crippen molar-refractivity contribution in [3.8, 4) is 0 Å². The third-order valence-corrected chi connectivity index (χ3v) is 3.37. The molecule has 0 saturated heterocycles. The molecular weight excluding hydrogens is 288 g/mol. The van der Waals surface area contributed by atoms with Gasteiger partial charge in [0.2, 0.25) is 0 Å². The van der Waals surface area contributed by atoms with Gasteiger partial charge >= 0.3 is 5.69 Å². The average molecular weight is 301 g/mol. The number of carbonyl (C=O) groups excluding carboxylic acids is 2. The highest BCUT2D eigenvalue weighted by molar-refractivity contribution is 6.21. The Hall–Kier alpha value is -3.00. The van der Waals surface area contributed by atoms with Crippen LogP contribution in [0, 0.1) is 0 Å². The zero-order valence-corrected chi connectivity index (χ0v) is 11.5. The van der Waals surface area contributed by atoms with E-state index in [1.165, 1.54) is 6.07 Å². The maximum atomic E-state index is 12.1. The molecule has 0 fully saturated rings. The van der Waals surface area contributed by atoms with Gasteiger partial charge < -0.3 is 10.3 Å². The van der Waals surface area contributed by atoms with Crippen molar-refractivity contribution in [2.75, 3.05) is 6.67 Å². The number of nitrogens with one attached hydrogen (secondary N) is 2. The molecule has 3 rings (SSSR count). The Labute approximate surface area is 123 Å². The fourth-order valence-corrected chi connectivity index (χ4v) is 2.38. The maximum Gasteiger partial charge on any atom is 0.326 e. The van der Waals surface area contributed by atoms with Crippen LogP contribution in [-0.2, 0) is 6.54 Å². The van der Waals surface area contributed by atoms with Gasteiger partial charge in [0.15, 0.2) is 6.67 Å². The Bertz CT molecular complexity index is 804. The van der Waals surface area contributed by atoms with Crippen molar-refractivity contribution >= 4 is 11.8 Å². The van der Waals surface area contributed by atoms with Gasteiger partial charge in [0, 0.05) is 6.07 Å². The Balaban J connectivity index is 1.68. The molecule has 2 amide bonds. The van der Waals surface area contributed by atoms with Crippen LogP contribution in [0.25, 0.3) is 0 Å². The minimum absolute atomic E-state index is 0.112. The summed E-state index contributed by atoms with van der Waals surface area (Å²) in [7, 11) is 0. The Morgan fingerprint density at radius 3 is 2.18 bits per heavy atom. The summed E-state index contributed by atoms with van der Waals surface area (Å²) < 4.78 is 0. The summed E-state index contributed by atoms with van der Waals surface area (Å²) in [5, 5.41) is 1.66. The minimum Gasteiger partial charge on any atom is -0.324 e. The van der Waals surface area contributed by atoms with E-state index in [1.807, 2.05) is 0 Å². The number of rotatable bonds is 4. The van der Waals surface area contributed by atoms with Crippen molar-refractivity contribution in [1.82, 2.24) is 14.9 Å². The summed E-state index contributed by atoms with van der Waals surface area (Å²) in [6, 6.07) is 7.91. The number of nitrogens with zero attached hydrogens (tertiary/aromatic N) is 1. The molecule has 0 atom stereocenters. The summed E-state index contributed by atoms with van der Waals surface area (Å²) in [5.74, 6) is -0.674. The Morgan fingerprint density at radius 2 is 1.59 bits per heavy atom. The zero-order valence-electron chi connectivity index (χ0n) is 11.5. The number of imide groups is 1. The molecule has 4 N–H and O–H groups in total. The first-order valence-electron chi connectivity index (χ1n) is 6.65. The number of hydrogen-bond acceptors (Lipinski definition) is 4. The third kappa shape index (κ3) is 2.47. The number of hydrogen-bond donors (Lipinski definition) is 3. The molecule has 0 unspecified atom stereocenters. The van der Waals surface area contributed by atoms with Crippen LogP contribution in [0.15, 0.2) is 39.9 Å². The van der Waals surface area contributed by atoms with Crippen LogP contribution in [0.1, 0.15) is 26.4 Å². The molecule has 1 aromatic carbocycles. The van der Waals surface area contributed by atoms with E-state index in [0.29, 0.717) is 16.8 Å². The van der Waals surface area contributed by atoms with Crippen molar-refractivity contribution in [1.29, 1.82) is 0 Å². The number of quaternary nitrogens is 1. The SMILES string of the molecule is O=C1c2ccccc2C(=O)N1C[NH2+]Cc1cc(=O)[nH]c(=O)[nH]1. The summed E-state index contributed by atoms with van der Waals surface area (Å²) >= 11 is 0. The van der Waals surface area contributed by atoms with E-state index in [1.54, 1.807) is 29.6 Å². The molecule has 2 heterocycles. The first-order chi connectivity index (χ1) is 10.6. The number of H-pyrrole nitrogens is 2. The Morgan fingerprint density at radius 1 is 0.955 bits per heavy atom. The topological polar surface area (TPSA) is 120 Å². The number of carbonyl (C=O) groups is 2. The van der Waals surface area contributed by atoms with E-state index in [2.05, 4.69) is 9.97 Å². The van der Waals surface area contributed by atoms with Crippen LogP contribution >= 0.6 is 0 Å². The van der Waals surface area contributed by atoms with Gasteiger partial charge in [-0.2, -0.15) is 0 Å². The van der Waals surface area contributed by atoms with E-state index in [-0.39, 0.29) is 25.0 Å². The standard InChI is InChI=1S/C14H12N4O4/c19-11-5-8(16-14(22)17-11)6-15-7-18-12(20)9-3-1-2-4-10(9)13(18)21/h1-5,15H,6-7H2,(H2,16,17,19,22)/p+1. The van der Waals surface area contributed by atoms with Gasteiger partial charge in [0.05, 0.1) is 16.8 Å². The molecule has 2 aromatic rings. The molecule has 0 saturated carbocycles. The second-order valence-electron chi connectivity index (χ2n) is 4.87. The van der Waals surface area contributed by atoms with Gasteiger partial charge in [-0.3, -0.25) is 19.4 Å². The minimum atomic E-state index is -0.586. The summed E-state index contributed by atoms with van der Waals surface area (Å²) in [6.07, 6.45) is 0. The highest BCUT2D eigenvalue weighted by atomic mass is 16.2. The second kappa shape index (κ2) is 5.41. The van der Waals surface area contributed by atoms with Crippen molar-refractivity contribution in [3.05, 3.63) is 68.0 Å². The van der Waals surface area contributed by atoms with Gasteiger partial charge in [-0.05, 0) is 12.1 Å². The van der Waals surface area contributed by atoms with Crippen molar-refractivity contribution < 1.29 is 14.9 Å². The van der Waals surface area contributed by atoms with E-state index >= 15 is 0 Å². The number of benzene rings is 1. The molecule has 1 aliphatic rings. The van der Waals surface area contributed by atoms with Crippen LogP contribution in [0.4, 0.5) is 0 Å². The van der Waals surface area contributed by atoms with Crippen molar-refractivity contribution in [3.63, 3.8) is 0 Å². The normalized spacial score (nSPS) is 13.5. The molecule has 8 heteroatoms. The smallest absolute Gasteiger partial charge is 0.324 e. The number of nitrogens with two attached hydrogens (primary N) is 1. The van der Waals surface area contributed by atoms with E-state index in [0.717, 1.165) is 4.90 Å². The predicted octanol–water partition coefficient (Wildman–Crippen LogP) is -1.62. The lowest BCUT2D eigenvalue weighted by atomic mass is 10.1. The number of amides is 2. The molecule has 22 heavy (non-hydrogen) atoms. The summed E-state index contributed by atoms with van der Waals surface area (Å²) in [6.45, 7) is 0.383. The second-order valence-corrected chi connectivity index (χ2v) is 4.87. The van der Waals surface area contributed by atoms with E-state index in [4.69, 9.17) is 0 Å². The molecule has 0 aliphatic carbocycles. The van der Waals surface area contributed by atoms with E-state index < -0.39 is 11.2 Å². The summed E-state index contributed by atoms with van der Waals surface area (Å²) in [5.41, 5.74) is 0.130. The van der Waals surface area contributed by atoms with Crippen LogP contribution in [0.5, 0.6) is 0 Å². The maximum absolute atomic E-state index is 12.1. The summed E-state index contributed by atoms with van der Waals surface area (Å²) in [4.78, 5) is 52.3. The number of aromatic amines is 2. The van der Waals surface area contributed by atoms with Crippen molar-refractivity contribution in [2.24, 2.45) is 0 Å². The molecule has 0 spiro atoms. The molecule has 8 nitrogen and oxygen atoms in total. The lowest BCUT2D eigenvalue weighted by Crippen LogP contribution is -2.86. The third-order valence-electron chi connectivity index (χ3n) is 3.37. The lowest BCUT2D eigenvalue weighted by molar-refractivity contribution is -0.681. The van der Waals surface area contributed by atoms with Crippen LogP contribution in [-0.4, -0.2) is 33.4 Å². The monoisotopic (exact) mass is 301 g/mol. The number of aromatic nitrogens is 2. The van der Waals surface area contributed by atoms with Gasteiger partial charge in [-0.25, -0.2) is 9.69 Å². The van der Waals surface area contributed by atoms with Gasteiger partial charge in [-0.1, -0.05) is 12.1 Å². The van der Waals surface area contributed by atoms with Crippen LogP contribution in [0.3, 0.4) is 0 Å². The predicted molar refractivity (Wildman–Crippen MR) is 75.1 cm³/mol. The molecule has 0 radical (unpaired) electrons. The molecule has 1 aliphatic heterocycles. The molecule has 112 valence electrons. The zero-order chi connectivity index (χ0) is 15.7. The quantitative estimate of drug-likeness (QED) is 0.588. The highest BCUT2D eigenvalue weighted by Crippen LogP contribution is 2.20. The average Bonchev–Trinajstić information content (AvgIpc) is 2.72. The van der Waals surface area contributed by atoms with Gasteiger partial charge in [-0.15, -0.1) is 0 Å². The van der Waals surface area contributed by atoms with Gasteiger partial charge in [0.1, 0.15) is 6.54 Å². The van der Waals surface area contributed by atoms with E-state index in [9.17, 15) is 19.2 Å². The largest absolute Gasteiger partial charge is 0.326 e. The first-order valence-corrected chi connectivity index (χ1v) is 6.65. The number of fused-ring (bicyclic) bond motifs is 1. The van der Waals surface area contributed by atoms with Crippen LogP contribution in [0.2, 0.25) is 0 Å². The first kappa shape index (κ1) is 14.0. The fourth-order valence-electron chi connectivity index (χ4n) is 2.38. The molecular formula is C14H13N4O4+. The lowest BCUT2D eigenvalue weighted by Gasteiger charge is -2.11. The van der Waals surface area contributed by atoms with Gasteiger partial charge in [0.25, 0.3) is 17.4 Å².